The van der Waals surface area contributed by atoms with E-state index in [0.29, 0.717) is 35.4 Å². The monoisotopic (exact) mass is 295 g/mol. The number of hydrogen-bond acceptors (Lipinski definition) is 5. The van der Waals surface area contributed by atoms with Crippen molar-refractivity contribution in [1.29, 1.82) is 0 Å². The minimum absolute atomic E-state index is 0.0333. The highest BCUT2D eigenvalue weighted by Gasteiger charge is 2.12. The Balaban J connectivity index is 2.11. The van der Waals surface area contributed by atoms with Gasteiger partial charge in [-0.1, -0.05) is 30.7 Å². The molecule has 0 saturated carbocycles. The van der Waals surface area contributed by atoms with E-state index in [-0.39, 0.29) is 12.6 Å². The lowest BCUT2D eigenvalue weighted by molar-refractivity contribution is 0.257. The zero-order valence-electron chi connectivity index (χ0n) is 11.6. The minimum Gasteiger partial charge on any atom is -0.482 e. The van der Waals surface area contributed by atoms with Gasteiger partial charge in [-0.2, -0.15) is 0 Å². The summed E-state index contributed by atoms with van der Waals surface area (Å²) in [5, 5.41) is 8.36. The highest BCUT2D eigenvalue weighted by molar-refractivity contribution is 6.32. The Morgan fingerprint density at radius 2 is 2.10 bits per heavy atom. The normalized spacial score (nSPS) is 12.4. The van der Waals surface area contributed by atoms with Crippen molar-refractivity contribution in [2.75, 3.05) is 0 Å². The van der Waals surface area contributed by atoms with Crippen LogP contribution in [-0.2, 0) is 19.4 Å². The van der Waals surface area contributed by atoms with Crippen LogP contribution in [0.15, 0.2) is 22.6 Å². The molecule has 2 aromatic rings. The smallest absolute Gasteiger partial charge is 0.253 e. The number of aromatic nitrogens is 2. The molecule has 1 heterocycles. The molecule has 0 saturated heterocycles. The molecule has 0 aliphatic rings. The van der Waals surface area contributed by atoms with E-state index < -0.39 is 0 Å². The summed E-state index contributed by atoms with van der Waals surface area (Å²) in [6, 6.07) is 5.66. The fourth-order valence-corrected chi connectivity index (χ4v) is 2.09. The maximum Gasteiger partial charge on any atom is 0.253 e. The molecule has 6 heteroatoms. The van der Waals surface area contributed by atoms with E-state index >= 15 is 0 Å². The number of hydrogen-bond donors (Lipinski definition) is 1. The molecule has 2 rings (SSSR count). The average Bonchev–Trinajstić information content (AvgIpc) is 2.85. The van der Waals surface area contributed by atoms with Crippen molar-refractivity contribution in [2.45, 2.75) is 39.3 Å². The lowest BCUT2D eigenvalue weighted by atomic mass is 10.1. The van der Waals surface area contributed by atoms with Crippen molar-refractivity contribution in [2.24, 2.45) is 5.73 Å². The van der Waals surface area contributed by atoms with Gasteiger partial charge in [0.2, 0.25) is 5.89 Å². The van der Waals surface area contributed by atoms with Gasteiger partial charge >= 0.3 is 0 Å². The van der Waals surface area contributed by atoms with Gasteiger partial charge in [0.25, 0.3) is 5.89 Å². The molecule has 0 radical (unpaired) electrons. The first-order valence-corrected chi connectivity index (χ1v) is 6.95. The zero-order chi connectivity index (χ0) is 14.5. The third kappa shape index (κ3) is 3.71. The predicted octanol–water partition coefficient (Wildman–Crippen LogP) is 2.75. The Labute approximate surface area is 123 Å². The number of aryl methyl sites for hydroxylation is 1. The van der Waals surface area contributed by atoms with Gasteiger partial charge in [-0.3, -0.25) is 0 Å². The quantitative estimate of drug-likeness (QED) is 0.887. The van der Waals surface area contributed by atoms with E-state index in [1.807, 2.05) is 26.0 Å². The lowest BCUT2D eigenvalue weighted by Crippen LogP contribution is -2.18. The summed E-state index contributed by atoms with van der Waals surface area (Å²) in [4.78, 5) is 0. The lowest BCUT2D eigenvalue weighted by Gasteiger charge is -2.13. The second kappa shape index (κ2) is 6.72. The fraction of sp³-hybridized carbons (Fsp3) is 0.429. The summed E-state index contributed by atoms with van der Waals surface area (Å²) in [6.45, 7) is 4.09. The third-order valence-electron chi connectivity index (χ3n) is 2.74. The molecule has 1 aromatic carbocycles. The zero-order valence-corrected chi connectivity index (χ0v) is 12.4. The summed E-state index contributed by atoms with van der Waals surface area (Å²) in [5.41, 5.74) is 6.81. The van der Waals surface area contributed by atoms with Crippen LogP contribution in [0.25, 0.3) is 0 Å². The first-order chi connectivity index (χ1) is 9.60. The van der Waals surface area contributed by atoms with Gasteiger partial charge in [0.1, 0.15) is 5.75 Å². The summed E-state index contributed by atoms with van der Waals surface area (Å²) < 4.78 is 11.1. The predicted molar refractivity (Wildman–Crippen MR) is 76.8 cm³/mol. The molecule has 0 amide bonds. The van der Waals surface area contributed by atoms with Crippen LogP contribution in [0.1, 0.15) is 31.2 Å². The van der Waals surface area contributed by atoms with Crippen molar-refractivity contribution in [1.82, 2.24) is 10.2 Å². The summed E-state index contributed by atoms with van der Waals surface area (Å²) in [6.07, 6.45) is 1.40. The average molecular weight is 296 g/mol. The van der Waals surface area contributed by atoms with Crippen LogP contribution in [0.5, 0.6) is 5.75 Å². The van der Waals surface area contributed by atoms with Crippen LogP contribution in [0.3, 0.4) is 0 Å². The van der Waals surface area contributed by atoms with Crippen LogP contribution < -0.4 is 10.5 Å². The Hall–Kier alpha value is -1.59. The second-order valence-corrected chi connectivity index (χ2v) is 5.05. The van der Waals surface area contributed by atoms with Crippen molar-refractivity contribution in [3.63, 3.8) is 0 Å². The van der Waals surface area contributed by atoms with E-state index in [9.17, 15) is 0 Å². The SMILES string of the molecule is CCc1nnc(COc2c(Cl)cccc2CC(C)N)o1. The molecular formula is C14H18ClN3O2. The Bertz CT molecular complexity index is 569. The van der Waals surface area contributed by atoms with Crippen LogP contribution in [-0.4, -0.2) is 16.2 Å². The van der Waals surface area contributed by atoms with Crippen molar-refractivity contribution < 1.29 is 9.15 Å². The summed E-state index contributed by atoms with van der Waals surface area (Å²) in [5.74, 6) is 1.66. The van der Waals surface area contributed by atoms with Crippen molar-refractivity contribution in [3.8, 4) is 5.75 Å². The number of halogens is 1. The van der Waals surface area contributed by atoms with Gasteiger partial charge in [0, 0.05) is 12.5 Å². The molecule has 1 unspecified atom stereocenters. The molecule has 5 nitrogen and oxygen atoms in total. The molecule has 0 fully saturated rings. The molecule has 1 aromatic heterocycles. The molecule has 0 bridgehead atoms. The van der Waals surface area contributed by atoms with E-state index in [2.05, 4.69) is 10.2 Å². The fourth-order valence-electron chi connectivity index (χ4n) is 1.85. The number of rotatable bonds is 6. The van der Waals surface area contributed by atoms with Gasteiger partial charge in [-0.15, -0.1) is 10.2 Å². The third-order valence-corrected chi connectivity index (χ3v) is 3.04. The summed E-state index contributed by atoms with van der Waals surface area (Å²) >= 11 is 6.18. The first-order valence-electron chi connectivity index (χ1n) is 6.57. The standard InChI is InChI=1S/C14H18ClN3O2/c1-3-12-17-18-13(20-12)8-19-14-10(7-9(2)16)5-4-6-11(14)15/h4-6,9H,3,7-8,16H2,1-2H3. The molecule has 1 atom stereocenters. The summed E-state index contributed by atoms with van der Waals surface area (Å²) in [7, 11) is 0. The van der Waals surface area contributed by atoms with Crippen LogP contribution in [0.4, 0.5) is 0 Å². The maximum atomic E-state index is 6.18. The number of nitrogens with zero attached hydrogens (tertiary/aromatic N) is 2. The molecule has 0 aliphatic heterocycles. The first kappa shape index (κ1) is 14.8. The van der Waals surface area contributed by atoms with Gasteiger partial charge < -0.3 is 14.9 Å². The molecule has 0 aliphatic carbocycles. The van der Waals surface area contributed by atoms with Crippen LogP contribution >= 0.6 is 11.6 Å². The largest absolute Gasteiger partial charge is 0.482 e. The maximum absolute atomic E-state index is 6.18. The Morgan fingerprint density at radius 3 is 2.75 bits per heavy atom. The van der Waals surface area contributed by atoms with Crippen LogP contribution in [0, 0.1) is 0 Å². The van der Waals surface area contributed by atoms with Gasteiger partial charge in [-0.25, -0.2) is 0 Å². The van der Waals surface area contributed by atoms with E-state index in [1.165, 1.54) is 0 Å². The van der Waals surface area contributed by atoms with Gasteiger partial charge in [0.05, 0.1) is 5.02 Å². The molecule has 0 spiro atoms. The molecule has 20 heavy (non-hydrogen) atoms. The molecule has 108 valence electrons. The minimum atomic E-state index is 0.0333. The molecule has 2 N–H and O–H groups in total. The number of benzene rings is 1. The Kier molecular flexibility index (Phi) is 4.98. The van der Waals surface area contributed by atoms with E-state index in [4.69, 9.17) is 26.5 Å². The molecular weight excluding hydrogens is 278 g/mol. The van der Waals surface area contributed by atoms with Gasteiger partial charge in [-0.05, 0) is 25.0 Å². The number of nitrogens with two attached hydrogens (primary N) is 1. The van der Waals surface area contributed by atoms with Gasteiger partial charge in [0.15, 0.2) is 6.61 Å². The van der Waals surface area contributed by atoms with Crippen molar-refractivity contribution >= 4 is 11.6 Å². The van der Waals surface area contributed by atoms with E-state index in [0.717, 1.165) is 5.56 Å². The number of ether oxygens (including phenoxy) is 1. The Morgan fingerprint density at radius 1 is 1.35 bits per heavy atom. The topological polar surface area (TPSA) is 74.2 Å². The second-order valence-electron chi connectivity index (χ2n) is 4.64. The van der Waals surface area contributed by atoms with Crippen LogP contribution in [0.2, 0.25) is 5.02 Å². The number of para-hydroxylation sites is 1. The highest BCUT2D eigenvalue weighted by Crippen LogP contribution is 2.30. The van der Waals surface area contributed by atoms with Crippen molar-refractivity contribution in [3.05, 3.63) is 40.6 Å². The van der Waals surface area contributed by atoms with E-state index in [1.54, 1.807) is 6.07 Å². The highest BCUT2D eigenvalue weighted by atomic mass is 35.5.